The molecule has 0 radical (unpaired) electrons. The van der Waals surface area contributed by atoms with Crippen LogP contribution in [0.4, 0.5) is 29.1 Å². The molecule has 0 amide bonds. The molecule has 9 heteroatoms. The van der Waals surface area contributed by atoms with Crippen molar-refractivity contribution in [3.63, 3.8) is 0 Å². The van der Waals surface area contributed by atoms with Crippen LogP contribution in [0.1, 0.15) is 5.69 Å². The average Bonchev–Trinajstić information content (AvgIpc) is 3.22. The Morgan fingerprint density at radius 1 is 0.871 bits per heavy atom. The van der Waals surface area contributed by atoms with Gasteiger partial charge in [0, 0.05) is 68.3 Å². The molecule has 2 N–H and O–H groups in total. The van der Waals surface area contributed by atoms with E-state index in [9.17, 15) is 0 Å². The van der Waals surface area contributed by atoms with E-state index in [0.717, 1.165) is 60.7 Å². The first-order valence-electron chi connectivity index (χ1n) is 10.4. The van der Waals surface area contributed by atoms with Crippen LogP contribution in [0.15, 0.2) is 55.0 Å². The van der Waals surface area contributed by atoms with Crippen molar-refractivity contribution in [3.05, 3.63) is 60.7 Å². The van der Waals surface area contributed by atoms with E-state index in [0.29, 0.717) is 5.95 Å². The number of imidazole rings is 1. The molecule has 5 heterocycles. The van der Waals surface area contributed by atoms with E-state index in [1.54, 1.807) is 6.20 Å². The van der Waals surface area contributed by atoms with E-state index in [1.165, 1.54) is 0 Å². The Morgan fingerprint density at radius 3 is 2.58 bits per heavy atom. The molecule has 1 aliphatic heterocycles. The highest BCUT2D eigenvalue weighted by atomic mass is 15.3. The van der Waals surface area contributed by atoms with Gasteiger partial charge in [0.1, 0.15) is 23.1 Å². The number of piperazine rings is 1. The Balaban J connectivity index is 1.47. The van der Waals surface area contributed by atoms with Crippen LogP contribution in [-0.2, 0) is 0 Å². The molecule has 0 bridgehead atoms. The van der Waals surface area contributed by atoms with E-state index in [2.05, 4.69) is 37.4 Å². The molecule has 0 aliphatic carbocycles. The molecule has 5 rings (SSSR count). The summed E-state index contributed by atoms with van der Waals surface area (Å²) in [6.07, 6.45) is 5.68. The minimum Gasteiger partial charge on any atom is -0.354 e. The van der Waals surface area contributed by atoms with E-state index in [1.807, 2.05) is 60.1 Å². The molecule has 0 atom stereocenters. The number of fused-ring (bicyclic) bond motifs is 1. The van der Waals surface area contributed by atoms with Crippen LogP contribution in [0.2, 0.25) is 0 Å². The fourth-order valence-electron chi connectivity index (χ4n) is 3.61. The number of rotatable bonds is 5. The van der Waals surface area contributed by atoms with Crippen LogP contribution >= 0.6 is 0 Å². The van der Waals surface area contributed by atoms with Gasteiger partial charge in [-0.2, -0.15) is 9.97 Å². The molecule has 9 nitrogen and oxygen atoms in total. The van der Waals surface area contributed by atoms with Crippen molar-refractivity contribution in [2.45, 2.75) is 6.92 Å². The van der Waals surface area contributed by atoms with Crippen LogP contribution in [0, 0.1) is 6.92 Å². The molecule has 31 heavy (non-hydrogen) atoms. The second-order valence-electron chi connectivity index (χ2n) is 7.75. The van der Waals surface area contributed by atoms with Crippen molar-refractivity contribution in [1.29, 1.82) is 0 Å². The third-order valence-electron chi connectivity index (χ3n) is 5.34. The number of aromatic nitrogens is 5. The number of likely N-dealkylation sites (N-methyl/N-ethyl adjacent to an activating group) is 1. The Labute approximate surface area is 180 Å². The summed E-state index contributed by atoms with van der Waals surface area (Å²) in [4.78, 5) is 23.0. The summed E-state index contributed by atoms with van der Waals surface area (Å²) in [6, 6.07) is 11.8. The molecule has 0 aromatic carbocycles. The molecule has 158 valence electrons. The van der Waals surface area contributed by atoms with Crippen LogP contribution in [0.25, 0.3) is 5.65 Å². The molecule has 1 aliphatic rings. The van der Waals surface area contributed by atoms with Crippen molar-refractivity contribution < 1.29 is 0 Å². The smallest absolute Gasteiger partial charge is 0.232 e. The Morgan fingerprint density at radius 2 is 1.74 bits per heavy atom. The molecule has 0 spiro atoms. The maximum atomic E-state index is 4.78. The quantitative estimate of drug-likeness (QED) is 0.514. The van der Waals surface area contributed by atoms with Crippen LogP contribution in [0.5, 0.6) is 0 Å². The van der Waals surface area contributed by atoms with Crippen molar-refractivity contribution in [2.75, 3.05) is 48.8 Å². The zero-order valence-electron chi connectivity index (χ0n) is 17.7. The van der Waals surface area contributed by atoms with E-state index >= 15 is 0 Å². The molecule has 1 saturated heterocycles. The number of hydrogen-bond acceptors (Lipinski definition) is 8. The molecule has 4 aromatic rings. The largest absolute Gasteiger partial charge is 0.354 e. The van der Waals surface area contributed by atoms with Crippen LogP contribution in [-0.4, -0.2) is 62.5 Å². The summed E-state index contributed by atoms with van der Waals surface area (Å²) in [5.74, 6) is 2.84. The van der Waals surface area contributed by atoms with Crippen molar-refractivity contribution in [2.24, 2.45) is 0 Å². The first kappa shape index (κ1) is 19.3. The van der Waals surface area contributed by atoms with Gasteiger partial charge in [-0.15, -0.1) is 0 Å². The lowest BCUT2D eigenvalue weighted by molar-refractivity contribution is 0.312. The van der Waals surface area contributed by atoms with E-state index in [-0.39, 0.29) is 0 Å². The predicted molar refractivity (Wildman–Crippen MR) is 122 cm³/mol. The molecule has 0 unspecified atom stereocenters. The highest BCUT2D eigenvalue weighted by Crippen LogP contribution is 2.24. The highest BCUT2D eigenvalue weighted by Gasteiger charge is 2.17. The minimum absolute atomic E-state index is 0.513. The third kappa shape index (κ3) is 4.41. The van der Waals surface area contributed by atoms with Gasteiger partial charge in [-0.25, -0.2) is 9.97 Å². The van der Waals surface area contributed by atoms with Crippen molar-refractivity contribution in [1.82, 2.24) is 29.2 Å². The van der Waals surface area contributed by atoms with Gasteiger partial charge in [0.2, 0.25) is 5.95 Å². The highest BCUT2D eigenvalue weighted by molar-refractivity contribution is 5.65. The lowest BCUT2D eigenvalue weighted by Gasteiger charge is -2.33. The molecular weight excluding hydrogens is 390 g/mol. The Bertz CT molecular complexity index is 1190. The zero-order chi connectivity index (χ0) is 21.2. The number of pyridine rings is 2. The third-order valence-corrected chi connectivity index (χ3v) is 5.34. The van der Waals surface area contributed by atoms with Crippen LogP contribution < -0.4 is 15.5 Å². The van der Waals surface area contributed by atoms with Gasteiger partial charge in [0.05, 0.1) is 0 Å². The monoisotopic (exact) mass is 415 g/mol. The van der Waals surface area contributed by atoms with Gasteiger partial charge in [-0.3, -0.25) is 0 Å². The fourth-order valence-corrected chi connectivity index (χ4v) is 3.61. The van der Waals surface area contributed by atoms with Gasteiger partial charge >= 0.3 is 0 Å². The fraction of sp³-hybridized carbons (Fsp3) is 0.273. The molecular formula is C22H25N9. The Kier molecular flexibility index (Phi) is 5.09. The summed E-state index contributed by atoms with van der Waals surface area (Å²) >= 11 is 0. The van der Waals surface area contributed by atoms with E-state index in [4.69, 9.17) is 9.97 Å². The Hall–Kier alpha value is -3.72. The first-order valence-corrected chi connectivity index (χ1v) is 10.4. The van der Waals surface area contributed by atoms with E-state index < -0.39 is 0 Å². The lowest BCUT2D eigenvalue weighted by atomic mass is 10.3. The topological polar surface area (TPSA) is 86.5 Å². The molecule has 4 aromatic heterocycles. The van der Waals surface area contributed by atoms with Gasteiger partial charge in [-0.1, -0.05) is 6.07 Å². The molecule has 1 fully saturated rings. The summed E-state index contributed by atoms with van der Waals surface area (Å²) < 4.78 is 1.97. The van der Waals surface area contributed by atoms with Crippen molar-refractivity contribution in [3.8, 4) is 0 Å². The average molecular weight is 416 g/mol. The SMILES string of the molecule is Cc1cccc(Nc2nc(Nc3ccn4ccnc4c3)cc(N3CCN(C)CC3)n2)n1. The lowest BCUT2D eigenvalue weighted by Crippen LogP contribution is -2.44. The number of anilines is 5. The second-order valence-corrected chi connectivity index (χ2v) is 7.75. The maximum absolute atomic E-state index is 4.78. The van der Waals surface area contributed by atoms with Crippen LogP contribution in [0.3, 0.4) is 0 Å². The first-order chi connectivity index (χ1) is 15.1. The van der Waals surface area contributed by atoms with Gasteiger partial charge < -0.3 is 24.8 Å². The second kappa shape index (κ2) is 8.19. The van der Waals surface area contributed by atoms with Gasteiger partial charge in [0.25, 0.3) is 0 Å². The summed E-state index contributed by atoms with van der Waals surface area (Å²) in [5, 5.41) is 6.67. The maximum Gasteiger partial charge on any atom is 0.232 e. The van der Waals surface area contributed by atoms with Crippen molar-refractivity contribution >= 4 is 34.7 Å². The standard InChI is InChI=1S/C22H25N9/c1-16-4-3-5-18(24-16)26-22-27-19(15-21(28-22)31-12-10-29(2)11-13-31)25-17-6-8-30-9-7-23-20(30)14-17/h3-9,14-15H,10-13H2,1-2H3,(H2,24,25,26,27,28). The number of hydrogen-bond donors (Lipinski definition) is 2. The number of nitrogens with one attached hydrogen (secondary N) is 2. The summed E-state index contributed by atoms with van der Waals surface area (Å²) in [7, 11) is 2.15. The molecule has 0 saturated carbocycles. The number of aryl methyl sites for hydroxylation is 1. The van der Waals surface area contributed by atoms with Gasteiger partial charge in [-0.05, 0) is 32.2 Å². The summed E-state index contributed by atoms with van der Waals surface area (Å²) in [6.45, 7) is 5.83. The number of nitrogens with zero attached hydrogens (tertiary/aromatic N) is 7. The predicted octanol–water partition coefficient (Wildman–Crippen LogP) is 3.07. The normalized spacial score (nSPS) is 14.7. The van der Waals surface area contributed by atoms with Gasteiger partial charge in [0.15, 0.2) is 0 Å². The summed E-state index contributed by atoms with van der Waals surface area (Å²) in [5.41, 5.74) is 2.73. The minimum atomic E-state index is 0.513. The zero-order valence-corrected chi connectivity index (χ0v) is 17.7.